The highest BCUT2D eigenvalue weighted by Gasteiger charge is 2.38. The summed E-state index contributed by atoms with van der Waals surface area (Å²) in [4.78, 5) is 4.13. The molecule has 21 heavy (non-hydrogen) atoms. The summed E-state index contributed by atoms with van der Waals surface area (Å²) < 4.78 is 26.8. The first-order chi connectivity index (χ1) is 9.75. The van der Waals surface area contributed by atoms with Crippen LogP contribution in [0.4, 0.5) is 0 Å². The Labute approximate surface area is 127 Å². The van der Waals surface area contributed by atoms with Gasteiger partial charge in [-0.15, -0.1) is 0 Å². The van der Waals surface area contributed by atoms with E-state index < -0.39 is 10.0 Å². The van der Waals surface area contributed by atoms with Gasteiger partial charge in [0.1, 0.15) is 0 Å². The van der Waals surface area contributed by atoms with Crippen molar-refractivity contribution < 1.29 is 8.42 Å². The van der Waals surface area contributed by atoms with Gasteiger partial charge in [-0.1, -0.05) is 26.8 Å². The van der Waals surface area contributed by atoms with E-state index in [9.17, 15) is 8.42 Å². The quantitative estimate of drug-likeness (QED) is 0.922. The third-order valence-corrected chi connectivity index (χ3v) is 5.94. The Morgan fingerprint density at radius 1 is 1.38 bits per heavy atom. The van der Waals surface area contributed by atoms with Crippen molar-refractivity contribution in [2.75, 3.05) is 20.1 Å². The van der Waals surface area contributed by atoms with Crippen molar-refractivity contribution in [1.82, 2.24) is 14.6 Å². The van der Waals surface area contributed by atoms with E-state index in [1.54, 1.807) is 16.6 Å². The van der Waals surface area contributed by atoms with E-state index in [2.05, 4.69) is 31.1 Å². The van der Waals surface area contributed by atoms with Gasteiger partial charge in [-0.3, -0.25) is 0 Å². The molecular formula is C15H25N3O2S. The zero-order chi connectivity index (χ0) is 15.7. The van der Waals surface area contributed by atoms with Crippen LogP contribution in [0.25, 0.3) is 0 Å². The highest BCUT2D eigenvalue weighted by molar-refractivity contribution is 7.89. The van der Waals surface area contributed by atoms with Gasteiger partial charge < -0.3 is 5.32 Å². The van der Waals surface area contributed by atoms with E-state index in [-0.39, 0.29) is 10.4 Å². The van der Waals surface area contributed by atoms with Crippen LogP contribution in [0.1, 0.15) is 32.8 Å². The predicted octanol–water partition coefficient (Wildman–Crippen LogP) is 1.86. The van der Waals surface area contributed by atoms with Crippen molar-refractivity contribution in [3.05, 3.63) is 23.9 Å². The average molecular weight is 311 g/mol. The number of nitrogens with one attached hydrogen (secondary N) is 1. The van der Waals surface area contributed by atoms with Crippen LogP contribution in [0.15, 0.2) is 23.4 Å². The Balaban J connectivity index is 2.15. The van der Waals surface area contributed by atoms with Crippen LogP contribution in [0, 0.1) is 11.3 Å². The largest absolute Gasteiger partial charge is 0.316 e. The van der Waals surface area contributed by atoms with Crippen molar-refractivity contribution in [1.29, 1.82) is 0 Å². The summed E-state index contributed by atoms with van der Waals surface area (Å²) in [6.07, 6.45) is 2.54. The normalized spacial score (nSPS) is 20.9. The summed E-state index contributed by atoms with van der Waals surface area (Å²) in [5, 5.41) is 3.17. The molecular weight excluding hydrogens is 286 g/mol. The smallest absolute Gasteiger partial charge is 0.260 e. The molecule has 0 spiro atoms. The molecule has 1 aliphatic heterocycles. The predicted molar refractivity (Wildman–Crippen MR) is 83.3 cm³/mol. The fourth-order valence-electron chi connectivity index (χ4n) is 2.66. The molecule has 1 fully saturated rings. The van der Waals surface area contributed by atoms with Crippen LogP contribution in [-0.2, 0) is 16.6 Å². The highest BCUT2D eigenvalue weighted by atomic mass is 32.2. The lowest BCUT2D eigenvalue weighted by Crippen LogP contribution is -2.31. The topological polar surface area (TPSA) is 62.3 Å². The molecule has 1 atom stereocenters. The minimum Gasteiger partial charge on any atom is -0.316 e. The van der Waals surface area contributed by atoms with Gasteiger partial charge in [0.05, 0.1) is 0 Å². The number of hydrogen-bond donors (Lipinski definition) is 1. The maximum absolute atomic E-state index is 12.6. The van der Waals surface area contributed by atoms with Gasteiger partial charge in [-0.05, 0) is 36.4 Å². The lowest BCUT2D eigenvalue weighted by Gasteiger charge is -2.26. The van der Waals surface area contributed by atoms with E-state index >= 15 is 0 Å². The lowest BCUT2D eigenvalue weighted by molar-refractivity contribution is 0.252. The molecule has 0 aliphatic carbocycles. The second-order valence-corrected chi connectivity index (χ2v) is 8.63. The third kappa shape index (κ3) is 3.62. The molecule has 1 saturated heterocycles. The molecule has 0 radical (unpaired) electrons. The van der Waals surface area contributed by atoms with Crippen LogP contribution in [0.2, 0.25) is 0 Å². The Bertz CT molecular complexity index is 576. The molecule has 0 amide bonds. The number of rotatable bonds is 4. The van der Waals surface area contributed by atoms with Crippen molar-refractivity contribution in [2.45, 2.75) is 38.8 Å². The summed E-state index contributed by atoms with van der Waals surface area (Å²) >= 11 is 0. The Morgan fingerprint density at radius 2 is 2.10 bits per heavy atom. The SMILES string of the molecule is CNCc1ccc(S(=O)(=O)N2CCC(C(C)(C)C)C2)nc1. The molecule has 5 nitrogen and oxygen atoms in total. The van der Waals surface area contributed by atoms with E-state index in [1.165, 1.54) is 0 Å². The minimum atomic E-state index is -3.46. The summed E-state index contributed by atoms with van der Waals surface area (Å²) in [7, 11) is -1.61. The zero-order valence-corrected chi connectivity index (χ0v) is 14.1. The van der Waals surface area contributed by atoms with Crippen molar-refractivity contribution in [3.8, 4) is 0 Å². The zero-order valence-electron chi connectivity index (χ0n) is 13.3. The number of pyridine rings is 1. The summed E-state index contributed by atoms with van der Waals surface area (Å²) in [6.45, 7) is 8.36. The molecule has 2 heterocycles. The molecule has 0 saturated carbocycles. The maximum atomic E-state index is 12.6. The summed E-state index contributed by atoms with van der Waals surface area (Å²) in [6, 6.07) is 3.42. The monoisotopic (exact) mass is 311 g/mol. The molecule has 1 unspecified atom stereocenters. The van der Waals surface area contributed by atoms with E-state index in [0.29, 0.717) is 25.6 Å². The van der Waals surface area contributed by atoms with Gasteiger partial charge in [0.2, 0.25) is 0 Å². The van der Waals surface area contributed by atoms with Crippen LogP contribution >= 0.6 is 0 Å². The van der Waals surface area contributed by atoms with E-state index in [1.807, 2.05) is 13.1 Å². The van der Waals surface area contributed by atoms with Crippen molar-refractivity contribution in [3.63, 3.8) is 0 Å². The second kappa shape index (κ2) is 6.02. The molecule has 0 bridgehead atoms. The van der Waals surface area contributed by atoms with Crippen LogP contribution in [0.5, 0.6) is 0 Å². The first-order valence-electron chi connectivity index (χ1n) is 7.35. The molecule has 0 aromatic carbocycles. The number of aromatic nitrogens is 1. The number of hydrogen-bond acceptors (Lipinski definition) is 4. The van der Waals surface area contributed by atoms with Crippen LogP contribution in [0.3, 0.4) is 0 Å². The van der Waals surface area contributed by atoms with Gasteiger partial charge in [0, 0.05) is 25.8 Å². The van der Waals surface area contributed by atoms with E-state index in [4.69, 9.17) is 0 Å². The van der Waals surface area contributed by atoms with Crippen LogP contribution < -0.4 is 5.32 Å². The molecule has 1 aromatic rings. The molecule has 1 N–H and O–H groups in total. The van der Waals surface area contributed by atoms with Crippen molar-refractivity contribution in [2.24, 2.45) is 11.3 Å². The van der Waals surface area contributed by atoms with Crippen molar-refractivity contribution >= 4 is 10.0 Å². The Kier molecular flexibility index (Phi) is 4.70. The van der Waals surface area contributed by atoms with Gasteiger partial charge in [0.15, 0.2) is 5.03 Å². The van der Waals surface area contributed by atoms with E-state index in [0.717, 1.165) is 12.0 Å². The summed E-state index contributed by atoms with van der Waals surface area (Å²) in [5.74, 6) is 0.399. The van der Waals surface area contributed by atoms with Gasteiger partial charge >= 0.3 is 0 Å². The summed E-state index contributed by atoms with van der Waals surface area (Å²) in [5.41, 5.74) is 1.11. The van der Waals surface area contributed by atoms with Gasteiger partial charge in [-0.2, -0.15) is 4.31 Å². The fourth-order valence-corrected chi connectivity index (χ4v) is 4.07. The molecule has 118 valence electrons. The first-order valence-corrected chi connectivity index (χ1v) is 8.79. The fraction of sp³-hybridized carbons (Fsp3) is 0.667. The Hall–Kier alpha value is -0.980. The third-order valence-electron chi connectivity index (χ3n) is 4.16. The highest BCUT2D eigenvalue weighted by Crippen LogP contribution is 2.35. The molecule has 6 heteroatoms. The first kappa shape index (κ1) is 16.4. The number of nitrogens with zero attached hydrogens (tertiary/aromatic N) is 2. The average Bonchev–Trinajstić information content (AvgIpc) is 2.90. The van der Waals surface area contributed by atoms with Gasteiger partial charge in [-0.25, -0.2) is 13.4 Å². The maximum Gasteiger partial charge on any atom is 0.260 e. The number of sulfonamides is 1. The molecule has 1 aliphatic rings. The molecule has 1 aromatic heterocycles. The standard InChI is InChI=1S/C15H25N3O2S/c1-15(2,3)13-7-8-18(11-13)21(19,20)14-6-5-12(9-16-4)10-17-14/h5-6,10,13,16H,7-9,11H2,1-4H3. The van der Waals surface area contributed by atoms with Crippen LogP contribution in [-0.4, -0.2) is 37.8 Å². The second-order valence-electron chi connectivity index (χ2n) is 6.75. The Morgan fingerprint density at radius 3 is 2.57 bits per heavy atom. The molecule has 2 rings (SSSR count). The minimum absolute atomic E-state index is 0.133. The van der Waals surface area contributed by atoms with Gasteiger partial charge in [0.25, 0.3) is 10.0 Å². The lowest BCUT2D eigenvalue weighted by atomic mass is 9.80.